The molecule has 0 saturated carbocycles. The predicted octanol–water partition coefficient (Wildman–Crippen LogP) is 3.20. The molecule has 6 nitrogen and oxygen atoms in total. The number of nitrogens with one attached hydrogen (secondary N) is 1. The number of ether oxygens (including phenoxy) is 3. The molecule has 1 rings (SSSR count). The maximum absolute atomic E-state index is 11.8. The van der Waals surface area contributed by atoms with Crippen LogP contribution in [-0.2, 0) is 9.47 Å². The number of carbonyl (C=O) groups is 1. The van der Waals surface area contributed by atoms with Gasteiger partial charge < -0.3 is 19.3 Å². The molecule has 0 saturated heterocycles. The molecule has 23 heavy (non-hydrogen) atoms. The lowest BCUT2D eigenvalue weighted by molar-refractivity contribution is -0.0122. The zero-order chi connectivity index (χ0) is 17.5. The number of benzene rings is 1. The van der Waals surface area contributed by atoms with Crippen molar-refractivity contribution in [2.75, 3.05) is 18.5 Å². The normalized spacial score (nSPS) is 12.8. The maximum Gasteiger partial charge on any atom is 0.412 e. The summed E-state index contributed by atoms with van der Waals surface area (Å²) in [6, 6.07) is 6.98. The molecule has 0 radical (unpaired) electrons. The van der Waals surface area contributed by atoms with Crippen LogP contribution in [0.15, 0.2) is 24.3 Å². The van der Waals surface area contributed by atoms with E-state index >= 15 is 0 Å². The summed E-state index contributed by atoms with van der Waals surface area (Å²) in [5, 5.41) is 12.5. The van der Waals surface area contributed by atoms with Gasteiger partial charge in [0.25, 0.3) is 0 Å². The van der Waals surface area contributed by atoms with E-state index in [1.807, 2.05) is 13.8 Å². The molecule has 0 unspecified atom stereocenters. The fraction of sp³-hybridized carbons (Fsp3) is 0.588. The third-order valence-corrected chi connectivity index (χ3v) is 2.58. The third kappa shape index (κ3) is 8.42. The highest BCUT2D eigenvalue weighted by atomic mass is 16.6. The average molecular weight is 325 g/mol. The van der Waals surface area contributed by atoms with Crippen LogP contribution in [0, 0.1) is 0 Å². The van der Waals surface area contributed by atoms with E-state index in [9.17, 15) is 9.90 Å². The van der Waals surface area contributed by atoms with E-state index < -0.39 is 17.8 Å². The Labute approximate surface area is 137 Å². The van der Waals surface area contributed by atoms with E-state index in [1.54, 1.807) is 45.0 Å². The van der Waals surface area contributed by atoms with Crippen molar-refractivity contribution in [3.05, 3.63) is 24.3 Å². The molecule has 0 bridgehead atoms. The van der Waals surface area contributed by atoms with Gasteiger partial charge in [-0.15, -0.1) is 0 Å². The first-order valence-corrected chi connectivity index (χ1v) is 7.69. The number of aliphatic hydroxyl groups is 1. The Bertz CT molecular complexity index is 496. The maximum atomic E-state index is 11.8. The van der Waals surface area contributed by atoms with E-state index in [-0.39, 0.29) is 19.3 Å². The smallest absolute Gasteiger partial charge is 0.412 e. The standard InChI is InChI=1S/C17H27NO5/c1-12(2)21-10-13(19)11-22-15-9-7-6-8-14(15)18-16(20)23-17(3,4)5/h6-9,12-13,19H,10-11H2,1-5H3,(H,18,20)/t13-/m0/s1. The van der Waals surface area contributed by atoms with Gasteiger partial charge in [-0.25, -0.2) is 4.79 Å². The summed E-state index contributed by atoms with van der Waals surface area (Å²) in [4.78, 5) is 11.8. The van der Waals surface area contributed by atoms with Crippen LogP contribution >= 0.6 is 0 Å². The van der Waals surface area contributed by atoms with Crippen molar-refractivity contribution in [2.24, 2.45) is 0 Å². The molecule has 1 aromatic carbocycles. The van der Waals surface area contributed by atoms with E-state index in [1.165, 1.54) is 0 Å². The van der Waals surface area contributed by atoms with Gasteiger partial charge in [-0.05, 0) is 46.8 Å². The minimum atomic E-state index is -0.744. The molecule has 2 N–H and O–H groups in total. The van der Waals surface area contributed by atoms with Gasteiger partial charge in [-0.3, -0.25) is 5.32 Å². The van der Waals surface area contributed by atoms with Crippen molar-refractivity contribution < 1.29 is 24.1 Å². The van der Waals surface area contributed by atoms with Crippen LogP contribution in [0.4, 0.5) is 10.5 Å². The quantitative estimate of drug-likeness (QED) is 0.805. The largest absolute Gasteiger partial charge is 0.489 e. The summed E-state index contributed by atoms with van der Waals surface area (Å²) in [6.07, 6.45) is -1.25. The summed E-state index contributed by atoms with van der Waals surface area (Å²) in [7, 11) is 0. The number of hydrogen-bond acceptors (Lipinski definition) is 5. The molecular weight excluding hydrogens is 298 g/mol. The number of anilines is 1. The highest BCUT2D eigenvalue weighted by molar-refractivity contribution is 5.86. The zero-order valence-electron chi connectivity index (χ0n) is 14.5. The molecule has 0 spiro atoms. The monoisotopic (exact) mass is 325 g/mol. The number of carbonyl (C=O) groups excluding carboxylic acids is 1. The fourth-order valence-corrected chi connectivity index (χ4v) is 1.65. The molecule has 1 atom stereocenters. The molecule has 6 heteroatoms. The van der Waals surface area contributed by atoms with Gasteiger partial charge in [-0.1, -0.05) is 12.1 Å². The number of rotatable bonds is 7. The van der Waals surface area contributed by atoms with E-state index in [4.69, 9.17) is 14.2 Å². The van der Waals surface area contributed by atoms with Crippen LogP contribution in [0.1, 0.15) is 34.6 Å². The summed E-state index contributed by atoms with van der Waals surface area (Å²) >= 11 is 0. The van der Waals surface area contributed by atoms with Gasteiger partial charge in [0, 0.05) is 0 Å². The molecular formula is C17H27NO5. The Hall–Kier alpha value is -1.79. The Morgan fingerprint density at radius 2 is 1.87 bits per heavy atom. The third-order valence-electron chi connectivity index (χ3n) is 2.58. The highest BCUT2D eigenvalue weighted by Crippen LogP contribution is 2.24. The second-order valence-electron chi connectivity index (χ2n) is 6.47. The van der Waals surface area contributed by atoms with Crippen LogP contribution in [0.25, 0.3) is 0 Å². The number of para-hydroxylation sites is 2. The lowest BCUT2D eigenvalue weighted by Crippen LogP contribution is -2.28. The summed E-state index contributed by atoms with van der Waals surface area (Å²) in [5.74, 6) is 0.460. The molecule has 0 aliphatic rings. The zero-order valence-corrected chi connectivity index (χ0v) is 14.5. The van der Waals surface area contributed by atoms with Crippen molar-refractivity contribution in [3.8, 4) is 5.75 Å². The molecule has 0 aliphatic carbocycles. The summed E-state index contributed by atoms with van der Waals surface area (Å²) < 4.78 is 16.1. The molecule has 0 fully saturated rings. The Morgan fingerprint density at radius 1 is 1.22 bits per heavy atom. The first-order valence-electron chi connectivity index (χ1n) is 7.69. The van der Waals surface area contributed by atoms with Crippen molar-refractivity contribution in [2.45, 2.75) is 52.4 Å². The van der Waals surface area contributed by atoms with Gasteiger partial charge in [0.2, 0.25) is 0 Å². The summed E-state index contributed by atoms with van der Waals surface area (Å²) in [6.45, 7) is 9.43. The van der Waals surface area contributed by atoms with Gasteiger partial charge >= 0.3 is 6.09 Å². The molecule has 0 aromatic heterocycles. The van der Waals surface area contributed by atoms with Crippen LogP contribution < -0.4 is 10.1 Å². The lowest BCUT2D eigenvalue weighted by atomic mass is 10.2. The minimum absolute atomic E-state index is 0.0470. The second kappa shape index (κ2) is 8.74. The van der Waals surface area contributed by atoms with E-state index in [0.29, 0.717) is 11.4 Å². The number of aliphatic hydroxyl groups excluding tert-OH is 1. The Kier molecular flexibility index (Phi) is 7.32. The molecule has 0 heterocycles. The number of hydrogen-bond donors (Lipinski definition) is 2. The molecule has 1 amide bonds. The van der Waals surface area contributed by atoms with Crippen molar-refractivity contribution in [3.63, 3.8) is 0 Å². The predicted molar refractivity (Wildman–Crippen MR) is 88.9 cm³/mol. The van der Waals surface area contributed by atoms with Gasteiger partial charge in [0.15, 0.2) is 0 Å². The average Bonchev–Trinajstić information content (AvgIpc) is 2.42. The van der Waals surface area contributed by atoms with Gasteiger partial charge in [0.05, 0.1) is 18.4 Å². The second-order valence-corrected chi connectivity index (χ2v) is 6.47. The highest BCUT2D eigenvalue weighted by Gasteiger charge is 2.17. The lowest BCUT2D eigenvalue weighted by Gasteiger charge is -2.21. The van der Waals surface area contributed by atoms with Crippen molar-refractivity contribution in [1.29, 1.82) is 0 Å². The minimum Gasteiger partial charge on any atom is -0.489 e. The topological polar surface area (TPSA) is 77.0 Å². The first kappa shape index (κ1) is 19.3. The summed E-state index contributed by atoms with van der Waals surface area (Å²) in [5.41, 5.74) is -0.0942. The van der Waals surface area contributed by atoms with Crippen molar-refractivity contribution in [1.82, 2.24) is 0 Å². The molecule has 1 aromatic rings. The van der Waals surface area contributed by atoms with E-state index in [0.717, 1.165) is 0 Å². The van der Waals surface area contributed by atoms with Crippen LogP contribution in [-0.4, -0.2) is 42.2 Å². The fourth-order valence-electron chi connectivity index (χ4n) is 1.65. The van der Waals surface area contributed by atoms with E-state index in [2.05, 4.69) is 5.32 Å². The van der Waals surface area contributed by atoms with Gasteiger partial charge in [0.1, 0.15) is 24.1 Å². The van der Waals surface area contributed by atoms with Crippen molar-refractivity contribution >= 4 is 11.8 Å². The Balaban J connectivity index is 2.58. The SMILES string of the molecule is CC(C)OC[C@H](O)COc1ccccc1NC(=O)OC(C)(C)C. The first-order chi connectivity index (χ1) is 10.7. The van der Waals surface area contributed by atoms with Crippen LogP contribution in [0.2, 0.25) is 0 Å². The number of amides is 1. The van der Waals surface area contributed by atoms with Crippen LogP contribution in [0.5, 0.6) is 5.75 Å². The molecule has 0 aliphatic heterocycles. The molecule has 130 valence electrons. The Morgan fingerprint density at radius 3 is 2.48 bits per heavy atom. The van der Waals surface area contributed by atoms with Gasteiger partial charge in [-0.2, -0.15) is 0 Å². The van der Waals surface area contributed by atoms with Crippen LogP contribution in [0.3, 0.4) is 0 Å².